The van der Waals surface area contributed by atoms with E-state index >= 15 is 0 Å². The molecule has 0 bridgehead atoms. The van der Waals surface area contributed by atoms with Gasteiger partial charge in [-0.3, -0.25) is 9.59 Å². The van der Waals surface area contributed by atoms with Gasteiger partial charge < -0.3 is 15.0 Å². The number of nitrogens with zero attached hydrogens (tertiary/aromatic N) is 1. The number of rotatable bonds is 4. The molecule has 0 atom stereocenters. The molecule has 2 aromatic carbocycles. The lowest BCUT2D eigenvalue weighted by molar-refractivity contribution is 0.0303. The molecule has 0 unspecified atom stereocenters. The molecule has 1 aliphatic heterocycles. The van der Waals surface area contributed by atoms with Gasteiger partial charge in [-0.25, -0.2) is 0 Å². The van der Waals surface area contributed by atoms with Gasteiger partial charge in [0.25, 0.3) is 11.8 Å². The maximum atomic E-state index is 12.5. The molecule has 1 heterocycles. The summed E-state index contributed by atoms with van der Waals surface area (Å²) in [5.74, 6) is -0.290. The summed E-state index contributed by atoms with van der Waals surface area (Å²) < 4.78 is 5.26. The average Bonchev–Trinajstić information content (AvgIpc) is 2.67. The van der Waals surface area contributed by atoms with Gasteiger partial charge in [0.15, 0.2) is 0 Å². The van der Waals surface area contributed by atoms with E-state index in [-0.39, 0.29) is 11.8 Å². The van der Waals surface area contributed by atoms with Gasteiger partial charge in [0, 0.05) is 35.8 Å². The van der Waals surface area contributed by atoms with Crippen molar-refractivity contribution in [3.8, 4) is 0 Å². The summed E-state index contributed by atoms with van der Waals surface area (Å²) in [5, 5.41) is 3.51. The molecular weight excluding hydrogens is 340 g/mol. The van der Waals surface area contributed by atoms with Gasteiger partial charge in [-0.1, -0.05) is 29.8 Å². The van der Waals surface area contributed by atoms with E-state index in [9.17, 15) is 9.59 Å². The third-order valence-corrected chi connectivity index (χ3v) is 4.29. The number of ether oxygens (including phenoxy) is 1. The summed E-state index contributed by atoms with van der Waals surface area (Å²) >= 11 is 5.85. The van der Waals surface area contributed by atoms with Crippen molar-refractivity contribution in [3.63, 3.8) is 0 Å². The van der Waals surface area contributed by atoms with Gasteiger partial charge in [0.05, 0.1) is 13.2 Å². The summed E-state index contributed by atoms with van der Waals surface area (Å²) in [6, 6.07) is 14.1. The van der Waals surface area contributed by atoms with Crippen molar-refractivity contribution in [2.45, 2.75) is 6.54 Å². The SMILES string of the molecule is O=C(NCc1ccc(Cl)cc1)c1cccc(C(=O)N2CCOCC2)c1. The Bertz CT molecular complexity index is 756. The van der Waals surface area contributed by atoms with Gasteiger partial charge in [-0.15, -0.1) is 0 Å². The quantitative estimate of drug-likeness (QED) is 0.914. The zero-order valence-electron chi connectivity index (χ0n) is 13.7. The molecule has 0 aliphatic carbocycles. The van der Waals surface area contributed by atoms with Crippen molar-refractivity contribution in [2.24, 2.45) is 0 Å². The van der Waals surface area contributed by atoms with Crippen molar-refractivity contribution in [2.75, 3.05) is 26.3 Å². The fraction of sp³-hybridized carbons (Fsp3) is 0.263. The molecule has 3 rings (SSSR count). The minimum Gasteiger partial charge on any atom is -0.378 e. The standard InChI is InChI=1S/C19H19ClN2O3/c20-17-6-4-14(5-7-17)13-21-18(23)15-2-1-3-16(12-15)19(24)22-8-10-25-11-9-22/h1-7,12H,8-11,13H2,(H,21,23). The smallest absolute Gasteiger partial charge is 0.254 e. The van der Waals surface area contributed by atoms with Crippen molar-refractivity contribution in [3.05, 3.63) is 70.2 Å². The molecule has 1 saturated heterocycles. The first-order valence-corrected chi connectivity index (χ1v) is 8.51. The fourth-order valence-electron chi connectivity index (χ4n) is 2.63. The van der Waals surface area contributed by atoms with Crippen molar-refractivity contribution in [1.29, 1.82) is 0 Å². The summed E-state index contributed by atoms with van der Waals surface area (Å²) in [7, 11) is 0. The number of carbonyl (C=O) groups is 2. The third kappa shape index (κ3) is 4.59. The number of hydrogen-bond acceptors (Lipinski definition) is 3. The molecule has 2 amide bonds. The number of carbonyl (C=O) groups excluding carboxylic acids is 2. The molecule has 1 fully saturated rings. The Morgan fingerprint density at radius 3 is 2.44 bits per heavy atom. The highest BCUT2D eigenvalue weighted by atomic mass is 35.5. The van der Waals surface area contributed by atoms with Crippen LogP contribution in [0.1, 0.15) is 26.3 Å². The van der Waals surface area contributed by atoms with E-state index in [2.05, 4.69) is 5.32 Å². The van der Waals surface area contributed by atoms with Gasteiger partial charge in [-0.05, 0) is 35.9 Å². The second-order valence-corrected chi connectivity index (χ2v) is 6.23. The van der Waals surface area contributed by atoms with E-state index in [1.54, 1.807) is 41.3 Å². The Hall–Kier alpha value is -2.37. The van der Waals surface area contributed by atoms with E-state index < -0.39 is 0 Å². The van der Waals surface area contributed by atoms with E-state index in [4.69, 9.17) is 16.3 Å². The Morgan fingerprint density at radius 2 is 1.72 bits per heavy atom. The lowest BCUT2D eigenvalue weighted by atomic mass is 10.1. The van der Waals surface area contributed by atoms with Crippen LogP contribution in [-0.4, -0.2) is 43.0 Å². The molecule has 25 heavy (non-hydrogen) atoms. The molecule has 2 aromatic rings. The first-order valence-electron chi connectivity index (χ1n) is 8.13. The van der Waals surface area contributed by atoms with E-state index in [0.29, 0.717) is 49.0 Å². The van der Waals surface area contributed by atoms with E-state index in [1.165, 1.54) is 0 Å². The van der Waals surface area contributed by atoms with E-state index in [1.807, 2.05) is 12.1 Å². The summed E-state index contributed by atoms with van der Waals surface area (Å²) in [6.07, 6.45) is 0. The lowest BCUT2D eigenvalue weighted by Gasteiger charge is -2.27. The van der Waals surface area contributed by atoms with Crippen molar-refractivity contribution in [1.82, 2.24) is 10.2 Å². The molecule has 1 N–H and O–H groups in total. The Kier molecular flexibility index (Phi) is 5.68. The maximum Gasteiger partial charge on any atom is 0.254 e. The minimum atomic E-state index is -0.216. The zero-order chi connectivity index (χ0) is 17.6. The summed E-state index contributed by atoms with van der Waals surface area (Å²) in [4.78, 5) is 26.6. The van der Waals surface area contributed by atoms with Gasteiger partial charge in [-0.2, -0.15) is 0 Å². The second kappa shape index (κ2) is 8.14. The second-order valence-electron chi connectivity index (χ2n) is 5.79. The number of amides is 2. The number of nitrogens with one attached hydrogen (secondary N) is 1. The fourth-order valence-corrected chi connectivity index (χ4v) is 2.76. The zero-order valence-corrected chi connectivity index (χ0v) is 14.5. The highest BCUT2D eigenvalue weighted by Gasteiger charge is 2.19. The van der Waals surface area contributed by atoms with Crippen LogP contribution in [0, 0.1) is 0 Å². The number of morpholine rings is 1. The number of benzene rings is 2. The molecule has 0 radical (unpaired) electrons. The molecule has 0 saturated carbocycles. The largest absolute Gasteiger partial charge is 0.378 e. The van der Waals surface area contributed by atoms with Crippen LogP contribution in [0.15, 0.2) is 48.5 Å². The van der Waals surface area contributed by atoms with Crippen LogP contribution in [0.5, 0.6) is 0 Å². The average molecular weight is 359 g/mol. The van der Waals surface area contributed by atoms with Crippen LogP contribution >= 0.6 is 11.6 Å². The molecule has 5 nitrogen and oxygen atoms in total. The summed E-state index contributed by atoms with van der Waals surface area (Å²) in [6.45, 7) is 2.65. The highest BCUT2D eigenvalue weighted by molar-refractivity contribution is 6.30. The predicted molar refractivity (Wildman–Crippen MR) is 95.8 cm³/mol. The molecule has 0 spiro atoms. The normalized spacial score (nSPS) is 14.2. The molecule has 1 aliphatic rings. The van der Waals surface area contributed by atoms with Crippen LogP contribution in [-0.2, 0) is 11.3 Å². The summed E-state index contributed by atoms with van der Waals surface area (Å²) in [5.41, 5.74) is 1.94. The Balaban J connectivity index is 1.64. The Labute approximate surface area is 151 Å². The molecular formula is C19H19ClN2O3. The van der Waals surface area contributed by atoms with Crippen molar-refractivity contribution < 1.29 is 14.3 Å². The predicted octanol–water partition coefficient (Wildman–Crippen LogP) is 2.74. The van der Waals surface area contributed by atoms with Crippen LogP contribution in [0.4, 0.5) is 0 Å². The first-order chi connectivity index (χ1) is 12.1. The minimum absolute atomic E-state index is 0.0735. The van der Waals surface area contributed by atoms with Crippen LogP contribution in [0.3, 0.4) is 0 Å². The van der Waals surface area contributed by atoms with Gasteiger partial charge >= 0.3 is 0 Å². The first kappa shape index (κ1) is 17.5. The van der Waals surface area contributed by atoms with Crippen molar-refractivity contribution >= 4 is 23.4 Å². The third-order valence-electron chi connectivity index (χ3n) is 4.04. The number of halogens is 1. The highest BCUT2D eigenvalue weighted by Crippen LogP contribution is 2.12. The molecule has 0 aromatic heterocycles. The number of hydrogen-bond donors (Lipinski definition) is 1. The Morgan fingerprint density at radius 1 is 1.04 bits per heavy atom. The van der Waals surface area contributed by atoms with Crippen LogP contribution in [0.25, 0.3) is 0 Å². The topological polar surface area (TPSA) is 58.6 Å². The molecule has 6 heteroatoms. The van der Waals surface area contributed by atoms with E-state index in [0.717, 1.165) is 5.56 Å². The molecule has 130 valence electrons. The van der Waals surface area contributed by atoms with Gasteiger partial charge in [0.1, 0.15) is 0 Å². The maximum absolute atomic E-state index is 12.5. The van der Waals surface area contributed by atoms with Gasteiger partial charge in [0.2, 0.25) is 0 Å². The monoisotopic (exact) mass is 358 g/mol. The lowest BCUT2D eigenvalue weighted by Crippen LogP contribution is -2.40. The van der Waals surface area contributed by atoms with Crippen LogP contribution in [0.2, 0.25) is 5.02 Å². The van der Waals surface area contributed by atoms with Crippen LogP contribution < -0.4 is 5.32 Å².